The number of hydrogen-bond donors (Lipinski definition) is 1. The molecule has 2 heterocycles. The monoisotopic (exact) mass is 289 g/mol. The maximum Gasteiger partial charge on any atom is 0.271 e. The fourth-order valence-corrected chi connectivity index (χ4v) is 1.92. The van der Waals surface area contributed by atoms with E-state index in [-0.39, 0.29) is 5.91 Å². The normalized spacial score (nSPS) is 9.95. The Labute approximate surface area is 126 Å². The summed E-state index contributed by atoms with van der Waals surface area (Å²) in [5, 5.41) is 8.79. The Morgan fingerprint density at radius 3 is 2.59 bits per heavy atom. The molecule has 0 radical (unpaired) electrons. The zero-order valence-electron chi connectivity index (χ0n) is 11.5. The van der Waals surface area contributed by atoms with Crippen LogP contribution in [0.1, 0.15) is 15.9 Å². The van der Waals surface area contributed by atoms with Crippen LogP contribution in [0.2, 0.25) is 0 Å². The second-order valence-electron chi connectivity index (χ2n) is 4.53. The molecular weight excluding hydrogens is 278 g/mol. The highest BCUT2D eigenvalue weighted by molar-refractivity contribution is 5.99. The van der Waals surface area contributed by atoms with Crippen molar-refractivity contribution in [2.24, 2.45) is 0 Å². The van der Waals surface area contributed by atoms with Gasteiger partial charge in [0.2, 0.25) is 0 Å². The third-order valence-corrected chi connectivity index (χ3v) is 3.07. The van der Waals surface area contributed by atoms with Crippen molar-refractivity contribution in [1.29, 1.82) is 5.26 Å². The summed E-state index contributed by atoms with van der Waals surface area (Å²) in [5.74, 6) is -0.267. The first kappa shape index (κ1) is 13.5. The summed E-state index contributed by atoms with van der Waals surface area (Å²) in [6.07, 6.45) is 6.22. The Morgan fingerprint density at radius 1 is 1.18 bits per heavy atom. The molecule has 106 valence electrons. The molecule has 1 amide bonds. The van der Waals surface area contributed by atoms with Crippen molar-refractivity contribution < 1.29 is 4.79 Å². The van der Waals surface area contributed by atoms with E-state index in [0.29, 0.717) is 11.1 Å². The summed E-state index contributed by atoms with van der Waals surface area (Å²) in [6, 6.07) is 12.7. The van der Waals surface area contributed by atoms with Crippen molar-refractivity contribution in [1.82, 2.24) is 14.6 Å². The second-order valence-corrected chi connectivity index (χ2v) is 4.53. The number of nitrogens with zero attached hydrogens (tertiary/aromatic N) is 4. The largest absolute Gasteiger partial charge is 0.271 e. The van der Waals surface area contributed by atoms with Crippen LogP contribution in [0, 0.1) is 11.3 Å². The number of hydrogen-bond acceptors (Lipinski definition) is 4. The first-order valence-electron chi connectivity index (χ1n) is 6.52. The van der Waals surface area contributed by atoms with Crippen molar-refractivity contribution in [2.45, 2.75) is 0 Å². The Morgan fingerprint density at radius 2 is 2.00 bits per heavy atom. The molecule has 0 saturated heterocycles. The zero-order chi connectivity index (χ0) is 15.4. The van der Waals surface area contributed by atoms with Crippen LogP contribution in [0.3, 0.4) is 0 Å². The van der Waals surface area contributed by atoms with Gasteiger partial charge in [-0.25, -0.2) is 9.66 Å². The van der Waals surface area contributed by atoms with E-state index in [1.54, 1.807) is 36.7 Å². The minimum Gasteiger partial charge on any atom is -0.267 e. The molecule has 0 spiro atoms. The highest BCUT2D eigenvalue weighted by atomic mass is 16.2. The van der Waals surface area contributed by atoms with Crippen molar-refractivity contribution in [3.63, 3.8) is 0 Å². The molecule has 6 heteroatoms. The number of carbonyl (C=O) groups is 1. The lowest BCUT2D eigenvalue weighted by molar-refractivity contribution is 0.101. The molecule has 0 unspecified atom stereocenters. The molecule has 0 atom stereocenters. The lowest BCUT2D eigenvalue weighted by Gasteiger charge is -2.06. The molecule has 3 rings (SSSR count). The number of carbonyl (C=O) groups excluding carboxylic acids is 1. The van der Waals surface area contributed by atoms with Crippen LogP contribution in [0.15, 0.2) is 61.3 Å². The van der Waals surface area contributed by atoms with Crippen molar-refractivity contribution in [3.05, 3.63) is 72.4 Å². The van der Waals surface area contributed by atoms with Gasteiger partial charge in [0.15, 0.2) is 0 Å². The van der Waals surface area contributed by atoms with Crippen LogP contribution >= 0.6 is 0 Å². The molecular formula is C16H11N5O. The molecule has 6 nitrogen and oxygen atoms in total. The van der Waals surface area contributed by atoms with Crippen LogP contribution in [0.4, 0.5) is 0 Å². The summed E-state index contributed by atoms with van der Waals surface area (Å²) >= 11 is 0. The van der Waals surface area contributed by atoms with Gasteiger partial charge in [0, 0.05) is 24.2 Å². The van der Waals surface area contributed by atoms with Crippen LogP contribution in [0.5, 0.6) is 0 Å². The first-order chi connectivity index (χ1) is 10.8. The van der Waals surface area contributed by atoms with E-state index in [9.17, 15) is 4.79 Å². The molecule has 0 fully saturated rings. The van der Waals surface area contributed by atoms with E-state index in [0.717, 1.165) is 11.3 Å². The van der Waals surface area contributed by atoms with Gasteiger partial charge in [-0.3, -0.25) is 15.2 Å². The average Bonchev–Trinajstić information content (AvgIpc) is 3.08. The van der Waals surface area contributed by atoms with Crippen molar-refractivity contribution in [3.8, 4) is 17.3 Å². The van der Waals surface area contributed by atoms with Crippen molar-refractivity contribution in [2.75, 3.05) is 5.43 Å². The topological polar surface area (TPSA) is 83.6 Å². The lowest BCUT2D eigenvalue weighted by Crippen LogP contribution is -2.21. The summed E-state index contributed by atoms with van der Waals surface area (Å²) in [4.78, 5) is 20.1. The summed E-state index contributed by atoms with van der Waals surface area (Å²) in [6.45, 7) is 0. The van der Waals surface area contributed by atoms with E-state index >= 15 is 0 Å². The first-order valence-corrected chi connectivity index (χ1v) is 6.52. The lowest BCUT2D eigenvalue weighted by atomic mass is 10.1. The molecule has 2 aromatic heterocycles. The number of nitrogens with one attached hydrogen (secondary N) is 1. The SMILES string of the molecule is N#Cc1ccc(-c2ccc(C(=O)Nn3ccnc3)cn2)cc1. The van der Waals surface area contributed by atoms with Crippen LogP contribution in [-0.2, 0) is 0 Å². The van der Waals surface area contributed by atoms with Crippen LogP contribution in [0.25, 0.3) is 11.3 Å². The van der Waals surface area contributed by atoms with Crippen LogP contribution in [-0.4, -0.2) is 20.6 Å². The van der Waals surface area contributed by atoms with E-state index < -0.39 is 0 Å². The number of rotatable bonds is 3. The fraction of sp³-hybridized carbons (Fsp3) is 0. The molecule has 1 N–H and O–H groups in total. The maximum absolute atomic E-state index is 12.0. The maximum atomic E-state index is 12.0. The number of amides is 1. The molecule has 22 heavy (non-hydrogen) atoms. The fourth-order valence-electron chi connectivity index (χ4n) is 1.92. The highest BCUT2D eigenvalue weighted by Crippen LogP contribution is 2.17. The summed E-state index contributed by atoms with van der Waals surface area (Å²) in [7, 11) is 0. The highest BCUT2D eigenvalue weighted by Gasteiger charge is 2.07. The average molecular weight is 289 g/mol. The predicted octanol–water partition coefficient (Wildman–Crippen LogP) is 2.20. The third kappa shape index (κ3) is 2.83. The number of nitriles is 1. The molecule has 3 aromatic rings. The van der Waals surface area contributed by atoms with Gasteiger partial charge in [-0.05, 0) is 24.3 Å². The summed E-state index contributed by atoms with van der Waals surface area (Å²) in [5.41, 5.74) is 5.33. The Hall–Kier alpha value is -3.46. The number of aromatic nitrogens is 3. The predicted molar refractivity (Wildman–Crippen MR) is 80.3 cm³/mol. The Kier molecular flexibility index (Phi) is 3.62. The van der Waals surface area contributed by atoms with E-state index in [2.05, 4.69) is 21.5 Å². The van der Waals surface area contributed by atoms with Gasteiger partial charge in [-0.1, -0.05) is 12.1 Å². The molecule has 0 saturated carbocycles. The van der Waals surface area contributed by atoms with Gasteiger partial charge in [0.25, 0.3) is 5.91 Å². The van der Waals surface area contributed by atoms with E-state index in [1.165, 1.54) is 17.2 Å². The van der Waals surface area contributed by atoms with E-state index in [1.807, 2.05) is 12.1 Å². The van der Waals surface area contributed by atoms with Gasteiger partial charge in [0.05, 0.1) is 22.9 Å². The van der Waals surface area contributed by atoms with Gasteiger partial charge < -0.3 is 0 Å². The molecule has 0 aliphatic heterocycles. The molecule has 0 aliphatic rings. The Balaban J connectivity index is 1.77. The van der Waals surface area contributed by atoms with Crippen molar-refractivity contribution >= 4 is 5.91 Å². The van der Waals surface area contributed by atoms with Gasteiger partial charge >= 0.3 is 0 Å². The van der Waals surface area contributed by atoms with E-state index in [4.69, 9.17) is 5.26 Å². The second kappa shape index (κ2) is 5.89. The third-order valence-electron chi connectivity index (χ3n) is 3.07. The summed E-state index contributed by atoms with van der Waals surface area (Å²) < 4.78 is 1.47. The standard InChI is InChI=1S/C16H11N5O/c17-9-12-1-3-13(4-2-12)15-6-5-14(10-19-15)16(22)20-21-8-7-18-11-21/h1-8,10-11H,(H,20,22). The minimum absolute atomic E-state index is 0.267. The number of benzene rings is 1. The number of imidazole rings is 1. The quantitative estimate of drug-likeness (QED) is 0.801. The van der Waals surface area contributed by atoms with Gasteiger partial charge in [-0.2, -0.15) is 5.26 Å². The van der Waals surface area contributed by atoms with Crippen LogP contribution < -0.4 is 5.43 Å². The van der Waals surface area contributed by atoms with Gasteiger partial charge in [0.1, 0.15) is 6.33 Å². The number of pyridine rings is 1. The minimum atomic E-state index is -0.267. The smallest absolute Gasteiger partial charge is 0.267 e. The molecule has 0 bridgehead atoms. The Bertz CT molecular complexity index is 814. The molecule has 0 aliphatic carbocycles. The molecule has 1 aromatic carbocycles. The zero-order valence-corrected chi connectivity index (χ0v) is 11.5. The van der Waals surface area contributed by atoms with Gasteiger partial charge in [-0.15, -0.1) is 0 Å².